The molecule has 1 heterocycles. The summed E-state index contributed by atoms with van der Waals surface area (Å²) in [6.45, 7) is 7.82. The summed E-state index contributed by atoms with van der Waals surface area (Å²) in [7, 11) is 0. The number of rotatable bonds is 2. The molecule has 0 N–H and O–H groups in total. The van der Waals surface area contributed by atoms with E-state index in [2.05, 4.69) is 18.7 Å². The van der Waals surface area contributed by atoms with Gasteiger partial charge in [-0.25, -0.2) is 0 Å². The quantitative estimate of drug-likeness (QED) is 0.696. The fraction of sp³-hybridized carbons (Fsp3) is 1.00. The Labute approximate surface area is 94.0 Å². The van der Waals surface area contributed by atoms with Gasteiger partial charge in [-0.15, -0.1) is 0 Å². The van der Waals surface area contributed by atoms with Gasteiger partial charge in [0.25, 0.3) is 0 Å². The Morgan fingerprint density at radius 1 is 1.13 bits per heavy atom. The first-order chi connectivity index (χ1) is 7.27. The zero-order valence-corrected chi connectivity index (χ0v) is 10.2. The molecule has 1 saturated carbocycles. The van der Waals surface area contributed by atoms with Crippen LogP contribution in [0.2, 0.25) is 0 Å². The number of morpholine rings is 1. The molecular formula is C13H25NO. The lowest BCUT2D eigenvalue weighted by Gasteiger charge is -2.41. The maximum absolute atomic E-state index is 5.82. The van der Waals surface area contributed by atoms with Crippen LogP contribution in [-0.2, 0) is 4.74 Å². The Morgan fingerprint density at radius 2 is 1.87 bits per heavy atom. The Morgan fingerprint density at radius 3 is 2.53 bits per heavy atom. The first-order valence-corrected chi connectivity index (χ1v) is 6.63. The standard InChI is InChI=1S/C13H25NO/c1-11(2)13-10-14(8-9-15-13)12-6-4-3-5-7-12/h11-13H,3-10H2,1-2H3. The predicted octanol–water partition coefficient (Wildman–Crippen LogP) is 2.68. The van der Waals surface area contributed by atoms with Crippen molar-refractivity contribution in [2.75, 3.05) is 19.7 Å². The molecule has 0 aromatic carbocycles. The zero-order valence-electron chi connectivity index (χ0n) is 10.2. The summed E-state index contributed by atoms with van der Waals surface area (Å²) >= 11 is 0. The number of hydrogen-bond acceptors (Lipinski definition) is 2. The van der Waals surface area contributed by atoms with Gasteiger partial charge in [-0.1, -0.05) is 33.1 Å². The van der Waals surface area contributed by atoms with Gasteiger partial charge in [0.1, 0.15) is 0 Å². The topological polar surface area (TPSA) is 12.5 Å². The zero-order chi connectivity index (χ0) is 10.7. The van der Waals surface area contributed by atoms with Gasteiger partial charge in [0.05, 0.1) is 12.7 Å². The molecular weight excluding hydrogens is 186 g/mol. The second-order valence-corrected chi connectivity index (χ2v) is 5.44. The third kappa shape index (κ3) is 2.94. The summed E-state index contributed by atoms with van der Waals surface area (Å²) in [5.41, 5.74) is 0. The van der Waals surface area contributed by atoms with E-state index < -0.39 is 0 Å². The summed E-state index contributed by atoms with van der Waals surface area (Å²) in [5.74, 6) is 0.663. The Kier molecular flexibility index (Phi) is 4.04. The third-order valence-corrected chi connectivity index (χ3v) is 3.96. The van der Waals surface area contributed by atoms with Crippen molar-refractivity contribution in [2.45, 2.75) is 58.1 Å². The van der Waals surface area contributed by atoms with Gasteiger partial charge >= 0.3 is 0 Å². The van der Waals surface area contributed by atoms with Crippen molar-refractivity contribution >= 4 is 0 Å². The molecule has 0 radical (unpaired) electrons. The van der Waals surface area contributed by atoms with Gasteiger partial charge in [-0.2, -0.15) is 0 Å². The van der Waals surface area contributed by atoms with E-state index in [4.69, 9.17) is 4.74 Å². The second-order valence-electron chi connectivity index (χ2n) is 5.44. The number of nitrogens with zero attached hydrogens (tertiary/aromatic N) is 1. The van der Waals surface area contributed by atoms with Gasteiger partial charge in [0.15, 0.2) is 0 Å². The van der Waals surface area contributed by atoms with E-state index in [1.165, 1.54) is 38.6 Å². The van der Waals surface area contributed by atoms with Crippen LogP contribution in [0.15, 0.2) is 0 Å². The molecule has 1 atom stereocenters. The molecule has 0 aromatic heterocycles. The molecule has 2 fully saturated rings. The van der Waals surface area contributed by atoms with Crippen molar-refractivity contribution < 1.29 is 4.74 Å². The number of hydrogen-bond donors (Lipinski definition) is 0. The molecule has 0 amide bonds. The lowest BCUT2D eigenvalue weighted by molar-refractivity contribution is -0.0672. The minimum Gasteiger partial charge on any atom is -0.375 e. The van der Waals surface area contributed by atoms with Gasteiger partial charge in [-0.05, 0) is 18.8 Å². The minimum absolute atomic E-state index is 0.473. The first-order valence-electron chi connectivity index (χ1n) is 6.63. The Hall–Kier alpha value is -0.0800. The third-order valence-electron chi connectivity index (χ3n) is 3.96. The smallest absolute Gasteiger partial charge is 0.0725 e. The van der Waals surface area contributed by atoms with Crippen LogP contribution in [0.1, 0.15) is 46.0 Å². The largest absolute Gasteiger partial charge is 0.375 e. The molecule has 1 saturated heterocycles. The maximum atomic E-state index is 5.82. The normalized spacial score (nSPS) is 31.0. The van der Waals surface area contributed by atoms with Gasteiger partial charge in [-0.3, -0.25) is 4.90 Å². The second kappa shape index (κ2) is 5.31. The van der Waals surface area contributed by atoms with E-state index in [9.17, 15) is 0 Å². The van der Waals surface area contributed by atoms with Crippen molar-refractivity contribution in [3.8, 4) is 0 Å². The van der Waals surface area contributed by atoms with Crippen LogP contribution < -0.4 is 0 Å². The van der Waals surface area contributed by atoms with Crippen molar-refractivity contribution in [1.82, 2.24) is 4.90 Å². The lowest BCUT2D eigenvalue weighted by atomic mass is 9.93. The van der Waals surface area contributed by atoms with E-state index in [1.54, 1.807) is 0 Å². The van der Waals surface area contributed by atoms with Crippen molar-refractivity contribution in [3.63, 3.8) is 0 Å². The summed E-state index contributed by atoms with van der Waals surface area (Å²) in [6, 6.07) is 0.865. The minimum atomic E-state index is 0.473. The van der Waals surface area contributed by atoms with Gasteiger partial charge < -0.3 is 4.74 Å². The molecule has 1 aliphatic heterocycles. The highest BCUT2D eigenvalue weighted by Crippen LogP contribution is 2.25. The SMILES string of the molecule is CC(C)C1CN(C2CCCCC2)CCO1. The fourth-order valence-electron chi connectivity index (χ4n) is 2.88. The fourth-order valence-corrected chi connectivity index (χ4v) is 2.88. The van der Waals surface area contributed by atoms with E-state index in [-0.39, 0.29) is 0 Å². The first kappa shape index (κ1) is 11.4. The van der Waals surface area contributed by atoms with Crippen LogP contribution >= 0.6 is 0 Å². The Bertz CT molecular complexity index is 187. The highest BCUT2D eigenvalue weighted by atomic mass is 16.5. The highest BCUT2D eigenvalue weighted by molar-refractivity contribution is 4.81. The van der Waals surface area contributed by atoms with Crippen LogP contribution in [0.3, 0.4) is 0 Å². The molecule has 0 bridgehead atoms. The van der Waals surface area contributed by atoms with E-state index in [1.807, 2.05) is 0 Å². The molecule has 2 heteroatoms. The van der Waals surface area contributed by atoms with Crippen molar-refractivity contribution in [3.05, 3.63) is 0 Å². The summed E-state index contributed by atoms with van der Waals surface area (Å²) < 4.78 is 5.82. The molecule has 15 heavy (non-hydrogen) atoms. The molecule has 0 spiro atoms. The molecule has 1 unspecified atom stereocenters. The van der Waals surface area contributed by atoms with Crippen LogP contribution in [0.5, 0.6) is 0 Å². The van der Waals surface area contributed by atoms with E-state index in [0.29, 0.717) is 12.0 Å². The monoisotopic (exact) mass is 211 g/mol. The molecule has 0 aromatic rings. The van der Waals surface area contributed by atoms with E-state index >= 15 is 0 Å². The summed E-state index contributed by atoms with van der Waals surface area (Å²) in [5, 5.41) is 0. The molecule has 2 nitrogen and oxygen atoms in total. The van der Waals surface area contributed by atoms with Crippen LogP contribution in [0.4, 0.5) is 0 Å². The van der Waals surface area contributed by atoms with Crippen molar-refractivity contribution in [2.24, 2.45) is 5.92 Å². The van der Waals surface area contributed by atoms with Crippen LogP contribution in [0, 0.1) is 5.92 Å². The summed E-state index contributed by atoms with van der Waals surface area (Å²) in [4.78, 5) is 2.69. The van der Waals surface area contributed by atoms with Crippen LogP contribution in [0.25, 0.3) is 0 Å². The predicted molar refractivity (Wildman–Crippen MR) is 63.0 cm³/mol. The highest BCUT2D eigenvalue weighted by Gasteiger charge is 2.28. The van der Waals surface area contributed by atoms with Crippen LogP contribution in [-0.4, -0.2) is 36.7 Å². The Balaban J connectivity index is 1.85. The van der Waals surface area contributed by atoms with Gasteiger partial charge in [0.2, 0.25) is 0 Å². The van der Waals surface area contributed by atoms with E-state index in [0.717, 1.165) is 19.2 Å². The number of ether oxygens (including phenoxy) is 1. The average molecular weight is 211 g/mol. The lowest BCUT2D eigenvalue weighted by Crippen LogP contribution is -2.49. The maximum Gasteiger partial charge on any atom is 0.0725 e. The van der Waals surface area contributed by atoms with Gasteiger partial charge in [0, 0.05) is 19.1 Å². The van der Waals surface area contributed by atoms with Crippen molar-refractivity contribution in [1.29, 1.82) is 0 Å². The summed E-state index contributed by atoms with van der Waals surface area (Å²) in [6.07, 6.45) is 7.65. The molecule has 88 valence electrons. The molecule has 1 aliphatic carbocycles. The molecule has 2 aliphatic rings. The molecule has 2 rings (SSSR count). The average Bonchev–Trinajstić information content (AvgIpc) is 2.30.